The van der Waals surface area contributed by atoms with Crippen molar-refractivity contribution in [3.63, 3.8) is 0 Å². The minimum atomic E-state index is -0.873. The zero-order valence-electron chi connectivity index (χ0n) is 8.11. The Hall–Kier alpha value is -0.590. The number of hydrogen-bond donors (Lipinski definition) is 2. The Labute approximate surface area is 105 Å². The van der Waals surface area contributed by atoms with Crippen LogP contribution in [-0.4, -0.2) is 22.9 Å². The molecule has 2 atom stereocenters. The molecule has 0 aromatic heterocycles. The van der Waals surface area contributed by atoms with Gasteiger partial charge in [-0.1, -0.05) is 15.9 Å². The summed E-state index contributed by atoms with van der Waals surface area (Å²) in [4.78, 5) is 10.8. The van der Waals surface area contributed by atoms with Gasteiger partial charge in [-0.3, -0.25) is 10.1 Å². The van der Waals surface area contributed by atoms with E-state index in [1.54, 1.807) is 6.07 Å². The van der Waals surface area contributed by atoms with Gasteiger partial charge in [0.1, 0.15) is 11.9 Å². The van der Waals surface area contributed by atoms with Gasteiger partial charge >= 0.3 is 5.97 Å². The molecule has 3 nitrogen and oxygen atoms in total. The summed E-state index contributed by atoms with van der Waals surface area (Å²) in [5.41, 5.74) is 0.744. The van der Waals surface area contributed by atoms with E-state index in [9.17, 15) is 9.18 Å². The van der Waals surface area contributed by atoms with Crippen LogP contribution in [0.4, 0.5) is 4.39 Å². The van der Waals surface area contributed by atoms with Crippen molar-refractivity contribution in [3.8, 4) is 0 Å². The van der Waals surface area contributed by atoms with Crippen molar-refractivity contribution < 1.29 is 14.3 Å². The maximum Gasteiger partial charge on any atom is 0.321 e. The third-order valence-corrected chi connectivity index (χ3v) is 4.29. The Morgan fingerprint density at radius 1 is 1.62 bits per heavy atom. The number of hydrogen-bond acceptors (Lipinski definition) is 3. The molecule has 0 aliphatic carbocycles. The molecule has 0 radical (unpaired) electrons. The van der Waals surface area contributed by atoms with E-state index in [0.717, 1.165) is 10.0 Å². The third-order valence-electron chi connectivity index (χ3n) is 2.32. The number of carbonyl (C=O) groups is 1. The first-order chi connectivity index (χ1) is 7.58. The second-order valence-electron chi connectivity index (χ2n) is 3.44. The predicted octanol–water partition coefficient (Wildman–Crippen LogP) is 2.38. The van der Waals surface area contributed by atoms with Crippen LogP contribution < -0.4 is 5.32 Å². The summed E-state index contributed by atoms with van der Waals surface area (Å²) in [7, 11) is 0. The van der Waals surface area contributed by atoms with Crippen LogP contribution in [0.25, 0.3) is 0 Å². The normalized spacial score (nSPS) is 24.6. The van der Waals surface area contributed by atoms with Crippen molar-refractivity contribution in [1.29, 1.82) is 0 Å². The zero-order chi connectivity index (χ0) is 11.7. The Bertz CT molecular complexity index is 429. The summed E-state index contributed by atoms with van der Waals surface area (Å²) >= 11 is 4.80. The molecule has 1 aliphatic rings. The van der Waals surface area contributed by atoms with Gasteiger partial charge in [-0.05, 0) is 23.8 Å². The molecule has 1 unspecified atom stereocenters. The number of benzene rings is 1. The maximum atomic E-state index is 13.1. The molecular formula is C10H9BrFNO2S. The molecule has 1 heterocycles. The van der Waals surface area contributed by atoms with Gasteiger partial charge in [0.15, 0.2) is 0 Å². The van der Waals surface area contributed by atoms with Crippen LogP contribution in [0.15, 0.2) is 22.7 Å². The molecule has 0 spiro atoms. The van der Waals surface area contributed by atoms with Crippen molar-refractivity contribution in [2.24, 2.45) is 0 Å². The van der Waals surface area contributed by atoms with Gasteiger partial charge in [-0.15, -0.1) is 11.8 Å². The molecule has 1 aromatic rings. The highest BCUT2D eigenvalue weighted by atomic mass is 79.9. The van der Waals surface area contributed by atoms with Crippen LogP contribution in [0.1, 0.15) is 10.9 Å². The number of nitrogens with one attached hydrogen (secondary N) is 1. The quantitative estimate of drug-likeness (QED) is 0.881. The number of thioether (sulfide) groups is 1. The number of rotatable bonds is 2. The van der Waals surface area contributed by atoms with Crippen LogP contribution in [0.3, 0.4) is 0 Å². The summed E-state index contributed by atoms with van der Waals surface area (Å²) in [6.45, 7) is 0. The lowest BCUT2D eigenvalue weighted by Crippen LogP contribution is -2.33. The summed E-state index contributed by atoms with van der Waals surface area (Å²) < 4.78 is 13.9. The second kappa shape index (κ2) is 4.73. The maximum absolute atomic E-state index is 13.1. The summed E-state index contributed by atoms with van der Waals surface area (Å²) in [6, 6.07) is 3.84. The predicted molar refractivity (Wildman–Crippen MR) is 63.9 cm³/mol. The van der Waals surface area contributed by atoms with Crippen molar-refractivity contribution in [3.05, 3.63) is 34.1 Å². The molecule has 86 valence electrons. The molecule has 0 bridgehead atoms. The SMILES string of the molecule is O=C(O)[C@@H]1CSC(c2cc(F)ccc2Br)N1. The largest absolute Gasteiger partial charge is 0.480 e. The first-order valence-electron chi connectivity index (χ1n) is 4.63. The molecular weight excluding hydrogens is 297 g/mol. The minimum absolute atomic E-state index is 0.175. The van der Waals surface area contributed by atoms with E-state index >= 15 is 0 Å². The zero-order valence-corrected chi connectivity index (χ0v) is 10.5. The third kappa shape index (κ3) is 2.39. The fraction of sp³-hybridized carbons (Fsp3) is 0.300. The van der Waals surface area contributed by atoms with E-state index in [1.807, 2.05) is 0 Å². The smallest absolute Gasteiger partial charge is 0.321 e. The van der Waals surface area contributed by atoms with Crippen molar-refractivity contribution in [2.45, 2.75) is 11.4 Å². The first-order valence-corrected chi connectivity index (χ1v) is 6.47. The van der Waals surface area contributed by atoms with Crippen molar-refractivity contribution >= 4 is 33.7 Å². The molecule has 16 heavy (non-hydrogen) atoms. The first kappa shape index (κ1) is 11.9. The van der Waals surface area contributed by atoms with E-state index in [1.165, 1.54) is 23.9 Å². The molecule has 1 fully saturated rings. The average Bonchev–Trinajstić information content (AvgIpc) is 2.70. The summed E-state index contributed by atoms with van der Waals surface area (Å²) in [5, 5.41) is 11.6. The van der Waals surface area contributed by atoms with Crippen LogP contribution in [-0.2, 0) is 4.79 Å². The molecule has 1 aliphatic heterocycles. The topological polar surface area (TPSA) is 49.3 Å². The van der Waals surface area contributed by atoms with Crippen LogP contribution >= 0.6 is 27.7 Å². The van der Waals surface area contributed by atoms with Crippen LogP contribution in [0, 0.1) is 5.82 Å². The fourth-order valence-corrected chi connectivity index (χ4v) is 3.39. The van der Waals surface area contributed by atoms with E-state index in [4.69, 9.17) is 5.11 Å². The highest BCUT2D eigenvalue weighted by molar-refractivity contribution is 9.10. The van der Waals surface area contributed by atoms with E-state index < -0.39 is 12.0 Å². The molecule has 2 rings (SSSR count). The monoisotopic (exact) mass is 305 g/mol. The summed E-state index contributed by atoms with van der Waals surface area (Å²) in [5.74, 6) is -0.704. The molecule has 6 heteroatoms. The minimum Gasteiger partial charge on any atom is -0.480 e. The Morgan fingerprint density at radius 2 is 2.38 bits per heavy atom. The molecule has 0 saturated carbocycles. The molecule has 1 aromatic carbocycles. The number of aliphatic carboxylic acids is 1. The number of carboxylic acid groups (broad SMARTS) is 1. The van der Waals surface area contributed by atoms with Gasteiger partial charge in [-0.2, -0.15) is 0 Å². The van der Waals surface area contributed by atoms with Gasteiger partial charge < -0.3 is 5.11 Å². The van der Waals surface area contributed by atoms with E-state index in [0.29, 0.717) is 5.75 Å². The van der Waals surface area contributed by atoms with Gasteiger partial charge in [0, 0.05) is 10.2 Å². The van der Waals surface area contributed by atoms with Gasteiger partial charge in [-0.25, -0.2) is 4.39 Å². The van der Waals surface area contributed by atoms with Crippen molar-refractivity contribution in [2.75, 3.05) is 5.75 Å². The Balaban J connectivity index is 2.20. The lowest BCUT2D eigenvalue weighted by molar-refractivity contribution is -0.138. The molecule has 2 N–H and O–H groups in total. The molecule has 1 saturated heterocycles. The van der Waals surface area contributed by atoms with Gasteiger partial charge in [0.25, 0.3) is 0 Å². The van der Waals surface area contributed by atoms with Crippen LogP contribution in [0.5, 0.6) is 0 Å². The fourth-order valence-electron chi connectivity index (χ4n) is 1.51. The average molecular weight is 306 g/mol. The Morgan fingerprint density at radius 3 is 3.00 bits per heavy atom. The second-order valence-corrected chi connectivity index (χ2v) is 5.43. The number of carboxylic acids is 1. The van der Waals surface area contributed by atoms with E-state index in [-0.39, 0.29) is 11.2 Å². The van der Waals surface area contributed by atoms with Gasteiger partial charge in [0.05, 0.1) is 5.37 Å². The van der Waals surface area contributed by atoms with Gasteiger partial charge in [0.2, 0.25) is 0 Å². The summed E-state index contributed by atoms with van der Waals surface area (Å²) in [6.07, 6.45) is 0. The van der Waals surface area contributed by atoms with Crippen LogP contribution in [0.2, 0.25) is 0 Å². The highest BCUT2D eigenvalue weighted by Crippen LogP contribution is 2.36. The highest BCUT2D eigenvalue weighted by Gasteiger charge is 2.31. The van der Waals surface area contributed by atoms with E-state index in [2.05, 4.69) is 21.2 Å². The molecule has 0 amide bonds. The number of halogens is 2. The lowest BCUT2D eigenvalue weighted by Gasteiger charge is -2.13. The lowest BCUT2D eigenvalue weighted by atomic mass is 10.2. The standard InChI is InChI=1S/C10H9BrFNO2S/c11-7-2-1-5(12)3-6(7)9-13-8(4-16-9)10(14)15/h1-3,8-9,13H,4H2,(H,14,15)/t8-,9?/m0/s1. The van der Waals surface area contributed by atoms with Crippen molar-refractivity contribution in [1.82, 2.24) is 5.32 Å². The Kier molecular flexibility index (Phi) is 3.51.